The second kappa shape index (κ2) is 6.26. The average Bonchev–Trinajstić information content (AvgIpc) is 2.81. The highest BCUT2D eigenvalue weighted by Gasteiger charge is 2.53. The molecule has 11 heteroatoms. The smallest absolute Gasteiger partial charge is 0.330 e. The van der Waals surface area contributed by atoms with Crippen molar-refractivity contribution in [2.45, 2.75) is 50.5 Å². The molecular formula is C14H24N2O7Si2. The van der Waals surface area contributed by atoms with E-state index in [1.54, 1.807) is 0 Å². The molecule has 0 aromatic carbocycles. The molecule has 0 radical (unpaired) electrons. The van der Waals surface area contributed by atoms with Crippen LogP contribution < -0.4 is 11.2 Å². The van der Waals surface area contributed by atoms with Crippen molar-refractivity contribution in [3.63, 3.8) is 0 Å². The lowest BCUT2D eigenvalue weighted by Crippen LogP contribution is -2.55. The summed E-state index contributed by atoms with van der Waals surface area (Å²) in [7, 11) is -4.81. The molecule has 1 aromatic rings. The Hall–Kier alpha value is -1.09. The number of fused-ring (bicyclic) bond motifs is 1. The third-order valence-corrected chi connectivity index (χ3v) is 10.0. The van der Waals surface area contributed by atoms with Crippen LogP contribution in [0, 0.1) is 0 Å². The molecule has 3 atom stereocenters. The minimum Gasteiger partial charge on any atom is -0.415 e. The Balaban J connectivity index is 1.96. The lowest BCUT2D eigenvalue weighted by Gasteiger charge is -2.38. The first-order valence-electron chi connectivity index (χ1n) is 8.19. The van der Waals surface area contributed by atoms with Crippen LogP contribution in [0.1, 0.15) is 6.42 Å². The number of hydrogen-bond donors (Lipinski definition) is 2. The minimum absolute atomic E-state index is 0.255. The molecular weight excluding hydrogens is 364 g/mol. The molecule has 2 aliphatic heterocycles. The molecule has 2 fully saturated rings. The van der Waals surface area contributed by atoms with Gasteiger partial charge in [0, 0.05) is 18.7 Å². The van der Waals surface area contributed by atoms with Gasteiger partial charge in [0.2, 0.25) is 0 Å². The van der Waals surface area contributed by atoms with E-state index in [9.17, 15) is 14.7 Å². The summed E-state index contributed by atoms with van der Waals surface area (Å²) >= 11 is 0. The summed E-state index contributed by atoms with van der Waals surface area (Å²) in [5, 5.41) is 10.00. The molecule has 3 rings (SSSR count). The zero-order valence-electron chi connectivity index (χ0n) is 14.8. The van der Waals surface area contributed by atoms with Gasteiger partial charge in [-0.25, -0.2) is 4.79 Å². The number of aliphatic hydroxyl groups excluding tert-OH is 1. The van der Waals surface area contributed by atoms with Crippen molar-refractivity contribution in [1.29, 1.82) is 0 Å². The van der Waals surface area contributed by atoms with Crippen LogP contribution in [-0.2, 0) is 23.4 Å². The summed E-state index contributed by atoms with van der Waals surface area (Å²) in [5.74, 6) is 0. The largest absolute Gasteiger partial charge is 0.415 e. The molecule has 2 saturated heterocycles. The van der Waals surface area contributed by atoms with Crippen LogP contribution in [0.25, 0.3) is 0 Å². The molecule has 140 valence electrons. The van der Waals surface area contributed by atoms with Crippen molar-refractivity contribution < 1.29 is 22.8 Å². The second-order valence-corrected chi connectivity index (χ2v) is 14.3. The van der Waals surface area contributed by atoms with Gasteiger partial charge in [-0.3, -0.25) is 14.3 Å². The molecule has 0 unspecified atom stereocenters. The molecule has 0 spiro atoms. The van der Waals surface area contributed by atoms with Gasteiger partial charge in [0.05, 0.1) is 19.3 Å². The SMILES string of the molecule is C[Si]1(C)OC[C@H]2O[C@@](CO)(n3ccc(=O)[nH]c3=O)C[C@@H]2O[Si](C)(C)O1. The van der Waals surface area contributed by atoms with Gasteiger partial charge in [-0.15, -0.1) is 0 Å². The second-order valence-electron chi connectivity index (χ2n) is 7.31. The number of hydrogen-bond acceptors (Lipinski definition) is 7. The van der Waals surface area contributed by atoms with Gasteiger partial charge in [-0.1, -0.05) is 0 Å². The van der Waals surface area contributed by atoms with E-state index in [2.05, 4.69) is 4.98 Å². The number of aromatic amines is 1. The first-order valence-corrected chi connectivity index (χ1v) is 13.8. The molecule has 0 amide bonds. The van der Waals surface area contributed by atoms with Crippen molar-refractivity contribution in [1.82, 2.24) is 9.55 Å². The molecule has 3 heterocycles. The van der Waals surface area contributed by atoms with E-state index in [-0.39, 0.29) is 19.1 Å². The Kier molecular flexibility index (Phi) is 4.68. The molecule has 0 aliphatic carbocycles. The quantitative estimate of drug-likeness (QED) is 0.675. The summed E-state index contributed by atoms with van der Waals surface area (Å²) in [4.78, 5) is 25.7. The van der Waals surface area contributed by atoms with Crippen LogP contribution in [0.15, 0.2) is 21.9 Å². The number of aliphatic hydroxyl groups is 1. The van der Waals surface area contributed by atoms with E-state index in [1.807, 2.05) is 26.2 Å². The lowest BCUT2D eigenvalue weighted by atomic mass is 10.1. The van der Waals surface area contributed by atoms with Crippen LogP contribution in [0.3, 0.4) is 0 Å². The van der Waals surface area contributed by atoms with Gasteiger partial charge in [0.1, 0.15) is 6.10 Å². The summed E-state index contributed by atoms with van der Waals surface area (Å²) in [5.41, 5.74) is -2.45. The van der Waals surface area contributed by atoms with Crippen LogP contribution >= 0.6 is 0 Å². The van der Waals surface area contributed by atoms with E-state index in [0.29, 0.717) is 0 Å². The van der Waals surface area contributed by atoms with Gasteiger partial charge in [0.15, 0.2) is 5.72 Å². The molecule has 0 bridgehead atoms. The predicted octanol–water partition coefficient (Wildman–Crippen LogP) is -0.194. The molecule has 2 N–H and O–H groups in total. The molecule has 1 aromatic heterocycles. The monoisotopic (exact) mass is 388 g/mol. The van der Waals surface area contributed by atoms with Crippen LogP contribution in [0.5, 0.6) is 0 Å². The third-order valence-electron chi connectivity index (χ3n) is 4.34. The number of rotatable bonds is 2. The average molecular weight is 389 g/mol. The van der Waals surface area contributed by atoms with Gasteiger partial charge >= 0.3 is 22.8 Å². The number of ether oxygens (including phenoxy) is 1. The van der Waals surface area contributed by atoms with Crippen molar-refractivity contribution in [2.75, 3.05) is 13.2 Å². The van der Waals surface area contributed by atoms with E-state index >= 15 is 0 Å². The normalized spacial score (nSPS) is 34.1. The molecule has 2 aliphatic rings. The van der Waals surface area contributed by atoms with Gasteiger partial charge in [0.25, 0.3) is 5.56 Å². The maximum Gasteiger partial charge on any atom is 0.330 e. The number of aromatic nitrogens is 2. The van der Waals surface area contributed by atoms with E-state index in [4.69, 9.17) is 17.7 Å². The maximum atomic E-state index is 12.2. The molecule has 0 saturated carbocycles. The Morgan fingerprint density at radius 2 is 2.00 bits per heavy atom. The maximum absolute atomic E-state index is 12.2. The van der Waals surface area contributed by atoms with Crippen LogP contribution in [0.4, 0.5) is 0 Å². The first kappa shape index (κ1) is 18.7. The van der Waals surface area contributed by atoms with Crippen LogP contribution in [0.2, 0.25) is 26.2 Å². The van der Waals surface area contributed by atoms with Crippen LogP contribution in [-0.4, -0.2) is 57.2 Å². The fraction of sp³-hybridized carbons (Fsp3) is 0.714. The Bertz CT molecular complexity index is 762. The highest BCUT2D eigenvalue weighted by molar-refractivity contribution is 6.78. The van der Waals surface area contributed by atoms with Crippen molar-refractivity contribution in [3.8, 4) is 0 Å². The highest BCUT2D eigenvalue weighted by atomic mass is 28.5. The number of H-pyrrole nitrogens is 1. The zero-order valence-corrected chi connectivity index (χ0v) is 16.8. The Morgan fingerprint density at radius 1 is 1.28 bits per heavy atom. The summed E-state index contributed by atoms with van der Waals surface area (Å²) in [6.45, 7) is 7.61. The van der Waals surface area contributed by atoms with E-state index < -0.39 is 46.8 Å². The fourth-order valence-electron chi connectivity index (χ4n) is 3.47. The summed E-state index contributed by atoms with van der Waals surface area (Å²) in [6.07, 6.45) is 0.770. The molecule has 9 nitrogen and oxygen atoms in total. The van der Waals surface area contributed by atoms with Crippen molar-refractivity contribution in [2.24, 2.45) is 0 Å². The van der Waals surface area contributed by atoms with Crippen molar-refractivity contribution in [3.05, 3.63) is 33.1 Å². The predicted molar refractivity (Wildman–Crippen MR) is 92.7 cm³/mol. The summed E-state index contributed by atoms with van der Waals surface area (Å²) in [6, 6.07) is 1.22. The molecule has 25 heavy (non-hydrogen) atoms. The first-order chi connectivity index (χ1) is 11.6. The lowest BCUT2D eigenvalue weighted by molar-refractivity contribution is -0.143. The minimum atomic E-state index is -2.46. The van der Waals surface area contributed by atoms with Gasteiger partial charge in [-0.2, -0.15) is 0 Å². The number of nitrogens with zero attached hydrogens (tertiary/aromatic N) is 1. The zero-order chi connectivity index (χ0) is 18.5. The highest BCUT2D eigenvalue weighted by Crippen LogP contribution is 2.39. The van der Waals surface area contributed by atoms with Gasteiger partial charge < -0.3 is 22.8 Å². The summed E-state index contributed by atoms with van der Waals surface area (Å²) < 4.78 is 25.6. The Labute approximate surface area is 147 Å². The fourth-order valence-corrected chi connectivity index (χ4v) is 10.2. The number of nitrogens with one attached hydrogen (secondary N) is 1. The van der Waals surface area contributed by atoms with Gasteiger partial charge in [-0.05, 0) is 26.2 Å². The van der Waals surface area contributed by atoms with Crippen molar-refractivity contribution >= 4 is 17.1 Å². The Morgan fingerprint density at radius 3 is 2.64 bits per heavy atom. The van der Waals surface area contributed by atoms with E-state index in [1.165, 1.54) is 16.8 Å². The van der Waals surface area contributed by atoms with E-state index in [0.717, 1.165) is 0 Å². The standard InChI is InChI=1S/C14H24N2O7Si2/c1-24(2)20-8-11-10(22-25(3,4)23-24)7-14(9-17,21-11)16-6-5-12(18)15-13(16)19/h5-6,10-11,17H,7-9H2,1-4H3,(H,15,18,19)/t10-,11+,14-/m0/s1. The third kappa shape index (κ3) is 3.72. The topological polar surface area (TPSA) is 112 Å².